The minimum absolute atomic E-state index is 0.131. The molecule has 0 unspecified atom stereocenters. The average Bonchev–Trinajstić information content (AvgIpc) is 3.92. The summed E-state index contributed by atoms with van der Waals surface area (Å²) in [5.41, 5.74) is 9.28. The molecular formula is C56H35NO2. The van der Waals surface area contributed by atoms with Crippen LogP contribution in [-0.2, 0) is 0 Å². The molecular weight excluding hydrogens is 719 g/mol. The maximum atomic E-state index is 9.79. The molecule has 2 heterocycles. The van der Waals surface area contributed by atoms with Crippen molar-refractivity contribution in [2.75, 3.05) is 4.90 Å². The van der Waals surface area contributed by atoms with Crippen molar-refractivity contribution in [1.82, 2.24) is 0 Å². The van der Waals surface area contributed by atoms with Crippen LogP contribution in [0.25, 0.3) is 98.8 Å². The highest BCUT2D eigenvalue weighted by atomic mass is 16.3. The van der Waals surface area contributed by atoms with Crippen LogP contribution >= 0.6 is 0 Å². The first-order valence-corrected chi connectivity index (χ1v) is 19.8. The molecule has 3 nitrogen and oxygen atoms in total. The van der Waals surface area contributed by atoms with Gasteiger partial charge in [-0.05, 0) is 110 Å². The number of nitrogens with zero attached hydrogens (tertiary/aromatic N) is 1. The smallest absolute Gasteiger partial charge is 0.143 e. The Bertz CT molecular complexity index is 3780. The third-order valence-electron chi connectivity index (χ3n) is 11.5. The molecule has 0 atom stereocenters. The molecule has 0 aliphatic rings. The van der Waals surface area contributed by atoms with E-state index in [0.717, 1.165) is 60.2 Å². The van der Waals surface area contributed by atoms with Crippen LogP contribution in [0.1, 0.15) is 5.48 Å². The molecule has 10 aromatic carbocycles. The topological polar surface area (TPSA) is 29.5 Å². The highest BCUT2D eigenvalue weighted by molar-refractivity contribution is 6.20. The van der Waals surface area contributed by atoms with Crippen LogP contribution in [0, 0.1) is 0 Å². The fraction of sp³-hybridized carbons (Fsp3) is 0. The van der Waals surface area contributed by atoms with Gasteiger partial charge in [0.1, 0.15) is 22.3 Å². The molecule has 0 N–H and O–H groups in total. The van der Waals surface area contributed by atoms with Crippen molar-refractivity contribution < 1.29 is 14.3 Å². The van der Waals surface area contributed by atoms with Gasteiger partial charge < -0.3 is 13.7 Å². The van der Waals surface area contributed by atoms with Gasteiger partial charge in [-0.1, -0.05) is 152 Å². The van der Waals surface area contributed by atoms with Gasteiger partial charge in [0.05, 0.1) is 16.6 Å². The van der Waals surface area contributed by atoms with Crippen molar-refractivity contribution >= 4 is 82.5 Å². The Morgan fingerprint density at radius 1 is 0.356 bits per heavy atom. The minimum Gasteiger partial charge on any atom is -0.456 e. The van der Waals surface area contributed by atoms with E-state index >= 15 is 0 Å². The maximum Gasteiger partial charge on any atom is 0.143 e. The Morgan fingerprint density at radius 3 is 1.83 bits per heavy atom. The first-order valence-electron chi connectivity index (χ1n) is 21.8. The first-order chi connectivity index (χ1) is 30.9. The second kappa shape index (κ2) is 13.4. The Hall–Kier alpha value is -7.88. The second-order valence-electron chi connectivity index (χ2n) is 14.9. The van der Waals surface area contributed by atoms with Gasteiger partial charge in [-0.15, -0.1) is 0 Å². The van der Waals surface area contributed by atoms with E-state index < -0.39 is 0 Å². The molecule has 0 amide bonds. The van der Waals surface area contributed by atoms with Crippen molar-refractivity contribution in [2.24, 2.45) is 0 Å². The molecule has 0 spiro atoms. The zero-order valence-corrected chi connectivity index (χ0v) is 31.7. The van der Waals surface area contributed by atoms with Gasteiger partial charge in [-0.2, -0.15) is 0 Å². The van der Waals surface area contributed by atoms with E-state index in [1.807, 2.05) is 89.8 Å². The van der Waals surface area contributed by atoms with Gasteiger partial charge in [0.15, 0.2) is 0 Å². The molecule has 2 aromatic heterocycles. The zero-order chi connectivity index (χ0) is 42.3. The predicted octanol–water partition coefficient (Wildman–Crippen LogP) is 16.3. The number of rotatable bonds is 6. The van der Waals surface area contributed by atoms with E-state index in [-0.39, 0.29) is 35.4 Å². The highest BCUT2D eigenvalue weighted by Gasteiger charge is 2.21. The van der Waals surface area contributed by atoms with Crippen molar-refractivity contribution in [3.05, 3.63) is 212 Å². The third-order valence-corrected chi connectivity index (χ3v) is 11.5. The summed E-state index contributed by atoms with van der Waals surface area (Å²) in [5.74, 6) is 0. The summed E-state index contributed by atoms with van der Waals surface area (Å²) in [6.45, 7) is 0. The fourth-order valence-corrected chi connectivity index (χ4v) is 8.79. The van der Waals surface area contributed by atoms with E-state index in [0.29, 0.717) is 33.7 Å². The van der Waals surface area contributed by atoms with Crippen LogP contribution in [0.15, 0.2) is 221 Å². The lowest BCUT2D eigenvalue weighted by Crippen LogP contribution is -2.10. The number of anilines is 3. The molecule has 12 rings (SSSR count). The van der Waals surface area contributed by atoms with Gasteiger partial charge in [0, 0.05) is 32.9 Å². The van der Waals surface area contributed by atoms with Crippen molar-refractivity contribution in [2.45, 2.75) is 0 Å². The molecule has 0 aliphatic heterocycles. The van der Waals surface area contributed by atoms with Crippen LogP contribution in [-0.4, -0.2) is 0 Å². The summed E-state index contributed by atoms with van der Waals surface area (Å²) in [6, 6.07) is 62.2. The summed E-state index contributed by atoms with van der Waals surface area (Å²) in [5, 5.41) is 7.70. The lowest BCUT2D eigenvalue weighted by molar-refractivity contribution is 0.669. The summed E-state index contributed by atoms with van der Waals surface area (Å²) in [6.07, 6.45) is 0. The molecule has 276 valence electrons. The van der Waals surface area contributed by atoms with Crippen LogP contribution in [0.4, 0.5) is 17.1 Å². The molecule has 12 aromatic rings. The van der Waals surface area contributed by atoms with Crippen molar-refractivity contribution in [3.8, 4) is 33.4 Å². The molecule has 0 aliphatic carbocycles. The summed E-state index contributed by atoms with van der Waals surface area (Å²) in [4.78, 5) is 1.86. The number of hydrogen-bond donors (Lipinski definition) is 0. The number of fused-ring (bicyclic) bond motifs is 9. The lowest BCUT2D eigenvalue weighted by Gasteiger charge is -2.26. The molecule has 59 heavy (non-hydrogen) atoms. The predicted molar refractivity (Wildman–Crippen MR) is 247 cm³/mol. The van der Waals surface area contributed by atoms with Gasteiger partial charge in [-0.25, -0.2) is 0 Å². The second-order valence-corrected chi connectivity index (χ2v) is 14.9. The van der Waals surface area contributed by atoms with E-state index in [9.17, 15) is 5.48 Å². The van der Waals surface area contributed by atoms with E-state index in [1.165, 1.54) is 10.8 Å². The Balaban J connectivity index is 1.06. The molecule has 0 bridgehead atoms. The Kier molecular flexibility index (Phi) is 6.65. The molecule has 0 radical (unpaired) electrons. The summed E-state index contributed by atoms with van der Waals surface area (Å²) < 4.78 is 51.7. The fourth-order valence-electron chi connectivity index (χ4n) is 8.79. The average molecular weight is 758 g/mol. The minimum atomic E-state index is -0.169. The van der Waals surface area contributed by atoms with Gasteiger partial charge in [0.2, 0.25) is 0 Å². The van der Waals surface area contributed by atoms with Crippen LogP contribution in [0.2, 0.25) is 0 Å². The molecule has 0 saturated carbocycles. The van der Waals surface area contributed by atoms with Gasteiger partial charge >= 0.3 is 0 Å². The zero-order valence-electron chi connectivity index (χ0n) is 35.7. The Morgan fingerprint density at radius 2 is 0.983 bits per heavy atom. The van der Waals surface area contributed by atoms with E-state index in [2.05, 4.69) is 103 Å². The normalized spacial score (nSPS) is 12.7. The quantitative estimate of drug-likeness (QED) is 0.169. The lowest BCUT2D eigenvalue weighted by atomic mass is 9.95. The number of furan rings is 2. The third kappa shape index (κ3) is 5.44. The summed E-state index contributed by atoms with van der Waals surface area (Å²) >= 11 is 0. The van der Waals surface area contributed by atoms with Gasteiger partial charge in [0.25, 0.3) is 0 Å². The standard InChI is InChI=1S/C56H35NO2/c1-3-16-44-37(11-1)13-8-19-45(44)41-15-7-14-40(35-41)36-25-30-42(31-26-36)57(50-21-10-24-53-55(50)49-34-29-38-12-2-4-17-47(38)56(49)59-53)43-32-27-39(28-33-43)46-20-9-23-52-54(46)48-18-5-6-22-51(48)58-52/h1-35H/i27D,28D,32D,33D. The van der Waals surface area contributed by atoms with Crippen molar-refractivity contribution in [3.63, 3.8) is 0 Å². The Labute approximate surface area is 346 Å². The monoisotopic (exact) mass is 757 g/mol. The largest absolute Gasteiger partial charge is 0.456 e. The maximum absolute atomic E-state index is 9.79. The van der Waals surface area contributed by atoms with Crippen LogP contribution in [0.3, 0.4) is 0 Å². The van der Waals surface area contributed by atoms with E-state index in [1.54, 1.807) is 0 Å². The number of benzene rings is 10. The highest BCUT2D eigenvalue weighted by Crippen LogP contribution is 2.45. The van der Waals surface area contributed by atoms with Crippen LogP contribution < -0.4 is 4.90 Å². The molecule has 0 saturated heterocycles. The number of para-hydroxylation sites is 1. The van der Waals surface area contributed by atoms with Gasteiger partial charge in [-0.3, -0.25) is 0 Å². The first kappa shape index (κ1) is 29.4. The van der Waals surface area contributed by atoms with Crippen LogP contribution in [0.5, 0.6) is 0 Å². The SMILES string of the molecule is [2H]c1c([2H])c(N(c2ccc(-c3cccc(-c4cccc5ccccc45)c3)cc2)c2cccc3oc4c5ccccc5ccc4c23)c([2H])c([2H])c1-c1cccc2oc3ccccc3c12. The molecule has 3 heteroatoms. The van der Waals surface area contributed by atoms with Crippen molar-refractivity contribution in [1.29, 1.82) is 0 Å². The molecule has 0 fully saturated rings. The summed E-state index contributed by atoms with van der Waals surface area (Å²) in [7, 11) is 0. The number of hydrogen-bond acceptors (Lipinski definition) is 3. The van der Waals surface area contributed by atoms with E-state index in [4.69, 9.17) is 8.83 Å².